The summed E-state index contributed by atoms with van der Waals surface area (Å²) in [6.07, 6.45) is 0. The third kappa shape index (κ3) is 4.13. The molecule has 1 atom stereocenters. The number of carbonyl (C=O) groups excluding carboxylic acids is 2. The number of hydrogen-bond donors (Lipinski definition) is 2. The molecule has 2 aromatic rings. The van der Waals surface area contributed by atoms with E-state index in [1.54, 1.807) is 48.0 Å². The lowest BCUT2D eigenvalue weighted by Gasteiger charge is -2.18. The minimum atomic E-state index is -0.524. The van der Waals surface area contributed by atoms with Crippen LogP contribution in [0.3, 0.4) is 0 Å². The molecule has 2 N–H and O–H groups in total. The lowest BCUT2D eigenvalue weighted by atomic mass is 10.0. The number of aryl methyl sites for hydroxylation is 2. The van der Waals surface area contributed by atoms with E-state index < -0.39 is 12.0 Å². The van der Waals surface area contributed by atoms with Gasteiger partial charge in [-0.15, -0.1) is 0 Å². The summed E-state index contributed by atoms with van der Waals surface area (Å²) in [5.41, 5.74) is 3.72. The molecule has 1 heterocycles. The first-order chi connectivity index (χ1) is 13.2. The number of anilines is 1. The minimum Gasteiger partial charge on any atom is -0.493 e. The Hall–Kier alpha value is -2.96. The molecule has 7 nitrogen and oxygen atoms in total. The standard InChI is InChI=1S/C21H28N2O5/c1-8-28-21(25)18-12(3)19(23-13(18)4)20(24)14(5)22-15-10-17(27-7)16(26-6)9-11(15)2/h9-10,14,22-23H,8H2,1-7H3/t14-/m0/s1. The SMILES string of the molecule is CCOC(=O)c1c(C)[nH]c(C(=O)[C@H](C)Nc2cc(OC)c(OC)cc2C)c1C. The van der Waals surface area contributed by atoms with Crippen LogP contribution in [0.4, 0.5) is 5.69 Å². The highest BCUT2D eigenvalue weighted by Gasteiger charge is 2.26. The van der Waals surface area contributed by atoms with Gasteiger partial charge in [-0.05, 0) is 51.8 Å². The van der Waals surface area contributed by atoms with Gasteiger partial charge in [0.2, 0.25) is 5.78 Å². The monoisotopic (exact) mass is 388 g/mol. The van der Waals surface area contributed by atoms with Crippen molar-refractivity contribution in [2.45, 2.75) is 40.7 Å². The highest BCUT2D eigenvalue weighted by Crippen LogP contribution is 2.33. The molecule has 0 aliphatic heterocycles. The zero-order chi connectivity index (χ0) is 21.0. The van der Waals surface area contributed by atoms with Gasteiger partial charge in [-0.25, -0.2) is 4.79 Å². The second kappa shape index (κ2) is 8.82. The summed E-state index contributed by atoms with van der Waals surface area (Å²) in [5.74, 6) is 0.626. The Labute approximate surface area is 165 Å². The fourth-order valence-electron chi connectivity index (χ4n) is 3.16. The predicted molar refractivity (Wildman–Crippen MR) is 108 cm³/mol. The summed E-state index contributed by atoms with van der Waals surface area (Å²) in [7, 11) is 3.14. The van der Waals surface area contributed by atoms with Crippen LogP contribution >= 0.6 is 0 Å². The third-order valence-electron chi connectivity index (χ3n) is 4.66. The van der Waals surface area contributed by atoms with Crippen molar-refractivity contribution in [2.75, 3.05) is 26.1 Å². The first-order valence-corrected chi connectivity index (χ1v) is 9.14. The Kier molecular flexibility index (Phi) is 6.72. The van der Waals surface area contributed by atoms with Crippen molar-refractivity contribution < 1.29 is 23.8 Å². The quantitative estimate of drug-likeness (QED) is 0.528. The molecule has 0 unspecified atom stereocenters. The highest BCUT2D eigenvalue weighted by molar-refractivity contribution is 6.04. The molecule has 7 heteroatoms. The first kappa shape index (κ1) is 21.3. The van der Waals surface area contributed by atoms with Crippen molar-refractivity contribution >= 4 is 17.4 Å². The van der Waals surface area contributed by atoms with Crippen molar-refractivity contribution in [3.05, 3.63) is 40.2 Å². The molecule has 0 fully saturated rings. The molecule has 0 aliphatic carbocycles. The number of nitrogens with one attached hydrogen (secondary N) is 2. The average molecular weight is 388 g/mol. The smallest absolute Gasteiger partial charge is 0.340 e. The second-order valence-electron chi connectivity index (χ2n) is 6.60. The van der Waals surface area contributed by atoms with E-state index in [2.05, 4.69) is 10.3 Å². The average Bonchev–Trinajstić information content (AvgIpc) is 2.96. The maximum Gasteiger partial charge on any atom is 0.340 e. The molecule has 0 aliphatic rings. The number of rotatable bonds is 8. The Balaban J connectivity index is 2.29. The zero-order valence-corrected chi connectivity index (χ0v) is 17.5. The Bertz CT molecular complexity index is 885. The van der Waals surface area contributed by atoms with Gasteiger partial charge in [-0.3, -0.25) is 4.79 Å². The molecule has 0 radical (unpaired) electrons. The fraction of sp³-hybridized carbons (Fsp3) is 0.429. The van der Waals surface area contributed by atoms with E-state index in [1.807, 2.05) is 13.0 Å². The summed E-state index contributed by atoms with van der Waals surface area (Å²) in [6.45, 7) is 9.23. The van der Waals surface area contributed by atoms with Gasteiger partial charge in [-0.1, -0.05) is 0 Å². The Morgan fingerprint density at radius 1 is 1.11 bits per heavy atom. The number of carbonyl (C=O) groups is 2. The third-order valence-corrected chi connectivity index (χ3v) is 4.66. The van der Waals surface area contributed by atoms with E-state index in [-0.39, 0.29) is 12.4 Å². The number of esters is 1. The van der Waals surface area contributed by atoms with Crippen LogP contribution in [-0.4, -0.2) is 43.6 Å². The van der Waals surface area contributed by atoms with E-state index in [9.17, 15) is 9.59 Å². The van der Waals surface area contributed by atoms with Crippen LogP contribution in [0.1, 0.15) is 51.5 Å². The van der Waals surface area contributed by atoms with Gasteiger partial charge in [0.25, 0.3) is 0 Å². The Morgan fingerprint density at radius 2 is 1.71 bits per heavy atom. The predicted octanol–water partition coefficient (Wildman–Crippen LogP) is 3.82. The van der Waals surface area contributed by atoms with Crippen molar-refractivity contribution in [1.29, 1.82) is 0 Å². The second-order valence-corrected chi connectivity index (χ2v) is 6.60. The van der Waals surface area contributed by atoms with Crippen LogP contribution in [0.15, 0.2) is 12.1 Å². The minimum absolute atomic E-state index is 0.148. The van der Waals surface area contributed by atoms with Gasteiger partial charge in [0, 0.05) is 17.4 Å². The number of H-pyrrole nitrogens is 1. The van der Waals surface area contributed by atoms with E-state index in [1.165, 1.54) is 0 Å². The summed E-state index contributed by atoms with van der Waals surface area (Å²) >= 11 is 0. The number of ketones is 1. The number of hydrogen-bond acceptors (Lipinski definition) is 6. The molecule has 0 amide bonds. The van der Waals surface area contributed by atoms with Crippen LogP contribution in [0.5, 0.6) is 11.5 Å². The molecule has 2 rings (SSSR count). The molecule has 0 saturated carbocycles. The number of aromatic amines is 1. The zero-order valence-electron chi connectivity index (χ0n) is 17.5. The normalized spacial score (nSPS) is 11.7. The summed E-state index contributed by atoms with van der Waals surface area (Å²) in [4.78, 5) is 28.2. The number of benzene rings is 1. The van der Waals surface area contributed by atoms with Gasteiger partial charge in [0.1, 0.15) is 0 Å². The van der Waals surface area contributed by atoms with Crippen molar-refractivity contribution in [3.8, 4) is 11.5 Å². The molecule has 1 aromatic carbocycles. The fourth-order valence-corrected chi connectivity index (χ4v) is 3.16. The molecule has 0 spiro atoms. The Morgan fingerprint density at radius 3 is 2.29 bits per heavy atom. The van der Waals surface area contributed by atoms with Gasteiger partial charge in [-0.2, -0.15) is 0 Å². The lowest BCUT2D eigenvalue weighted by Crippen LogP contribution is -2.27. The van der Waals surface area contributed by atoms with Crippen LogP contribution in [-0.2, 0) is 4.74 Å². The van der Waals surface area contributed by atoms with Gasteiger partial charge in [0.15, 0.2) is 11.5 Å². The summed E-state index contributed by atoms with van der Waals surface area (Å²) in [6, 6.07) is 3.12. The topological polar surface area (TPSA) is 89.7 Å². The summed E-state index contributed by atoms with van der Waals surface area (Å²) < 4.78 is 15.7. The molecule has 28 heavy (non-hydrogen) atoms. The maximum absolute atomic E-state index is 13.0. The number of methoxy groups -OCH3 is 2. The van der Waals surface area contributed by atoms with E-state index in [0.717, 1.165) is 11.3 Å². The van der Waals surface area contributed by atoms with E-state index in [4.69, 9.17) is 14.2 Å². The molecule has 152 valence electrons. The van der Waals surface area contributed by atoms with Gasteiger partial charge >= 0.3 is 5.97 Å². The largest absolute Gasteiger partial charge is 0.493 e. The van der Waals surface area contributed by atoms with E-state index in [0.29, 0.717) is 34.0 Å². The van der Waals surface area contributed by atoms with Crippen LogP contribution < -0.4 is 14.8 Å². The number of aromatic nitrogens is 1. The van der Waals surface area contributed by atoms with Crippen LogP contribution in [0, 0.1) is 20.8 Å². The number of Topliss-reactive ketones (excluding diaryl/α,β-unsaturated/α-hetero) is 1. The molecular weight excluding hydrogens is 360 g/mol. The maximum atomic E-state index is 13.0. The lowest BCUT2D eigenvalue weighted by molar-refractivity contribution is 0.0525. The van der Waals surface area contributed by atoms with Crippen LogP contribution in [0.2, 0.25) is 0 Å². The number of ether oxygens (including phenoxy) is 3. The molecular formula is C21H28N2O5. The van der Waals surface area contributed by atoms with Crippen molar-refractivity contribution in [1.82, 2.24) is 4.98 Å². The first-order valence-electron chi connectivity index (χ1n) is 9.14. The van der Waals surface area contributed by atoms with Crippen molar-refractivity contribution in [3.63, 3.8) is 0 Å². The molecule has 0 bridgehead atoms. The van der Waals surface area contributed by atoms with E-state index >= 15 is 0 Å². The van der Waals surface area contributed by atoms with Crippen molar-refractivity contribution in [2.24, 2.45) is 0 Å². The van der Waals surface area contributed by atoms with Gasteiger partial charge < -0.3 is 24.5 Å². The summed E-state index contributed by atoms with van der Waals surface area (Å²) in [5, 5.41) is 3.22. The molecule has 0 saturated heterocycles. The van der Waals surface area contributed by atoms with Crippen LogP contribution in [0.25, 0.3) is 0 Å². The van der Waals surface area contributed by atoms with Gasteiger partial charge in [0.05, 0.1) is 38.1 Å². The highest BCUT2D eigenvalue weighted by atomic mass is 16.5. The molecule has 1 aromatic heterocycles.